The van der Waals surface area contributed by atoms with Crippen LogP contribution >= 0.6 is 11.8 Å². The second-order valence-electron chi connectivity index (χ2n) is 5.72. The molecule has 0 fully saturated rings. The summed E-state index contributed by atoms with van der Waals surface area (Å²) in [6.45, 7) is 5.97. The van der Waals surface area contributed by atoms with Gasteiger partial charge in [0.25, 0.3) is 0 Å². The van der Waals surface area contributed by atoms with Crippen molar-refractivity contribution in [1.82, 2.24) is 4.98 Å². The lowest BCUT2D eigenvalue weighted by atomic mass is 9.92. The van der Waals surface area contributed by atoms with Crippen LogP contribution < -0.4 is 0 Å². The van der Waals surface area contributed by atoms with Crippen LogP contribution in [-0.4, -0.2) is 23.3 Å². The number of nitrogens with one attached hydrogen (secondary N) is 1. The lowest BCUT2D eigenvalue weighted by Gasteiger charge is -2.22. The van der Waals surface area contributed by atoms with E-state index < -0.39 is 0 Å². The van der Waals surface area contributed by atoms with Gasteiger partial charge in [-0.25, -0.2) is 4.79 Å². The normalized spacial score (nSPS) is 17.8. The maximum atomic E-state index is 13.0. The van der Waals surface area contributed by atoms with Crippen molar-refractivity contribution in [3.8, 4) is 0 Å². The summed E-state index contributed by atoms with van der Waals surface area (Å²) in [5.41, 5.74) is 3.11. The Bertz CT molecular complexity index is 876. The summed E-state index contributed by atoms with van der Waals surface area (Å²) >= 11 is 1.31. The summed E-state index contributed by atoms with van der Waals surface area (Å²) in [6.07, 6.45) is 1.75. The van der Waals surface area contributed by atoms with Gasteiger partial charge in [0.15, 0.2) is 0 Å². The number of rotatable bonds is 4. The zero-order chi connectivity index (χ0) is 17.3. The van der Waals surface area contributed by atoms with Gasteiger partial charge < -0.3 is 9.72 Å². The van der Waals surface area contributed by atoms with Crippen LogP contribution in [0, 0.1) is 5.92 Å². The maximum Gasteiger partial charge on any atom is 0.335 e. The number of H-pyrrole nitrogens is 1. The number of allylic oxidation sites excluding steroid dienone is 2. The third-order valence-corrected chi connectivity index (χ3v) is 5.44. The molecule has 5 heteroatoms. The maximum absolute atomic E-state index is 13.0. The monoisotopic (exact) mass is 341 g/mol. The Kier molecular flexibility index (Phi) is 4.62. The molecule has 1 N–H and O–H groups in total. The number of Topliss-reactive ketones (excluding diaryl/α,β-unsaturated/α-hetero) is 1. The van der Waals surface area contributed by atoms with E-state index in [1.807, 2.05) is 38.1 Å². The van der Waals surface area contributed by atoms with Crippen LogP contribution in [0.25, 0.3) is 10.9 Å². The van der Waals surface area contributed by atoms with Crippen molar-refractivity contribution < 1.29 is 14.3 Å². The van der Waals surface area contributed by atoms with Gasteiger partial charge in [-0.05, 0) is 30.9 Å². The first kappa shape index (κ1) is 16.6. The quantitative estimate of drug-likeness (QED) is 0.659. The Balaban J connectivity index is 1.93. The van der Waals surface area contributed by atoms with Crippen LogP contribution in [0.3, 0.4) is 0 Å². The van der Waals surface area contributed by atoms with Crippen molar-refractivity contribution in [1.29, 1.82) is 0 Å². The van der Waals surface area contributed by atoms with Gasteiger partial charge in [0.05, 0.1) is 17.1 Å². The minimum absolute atomic E-state index is 0.0130. The second kappa shape index (κ2) is 6.69. The molecule has 2 heterocycles. The first-order chi connectivity index (χ1) is 11.5. The molecule has 1 aliphatic rings. The van der Waals surface area contributed by atoms with Gasteiger partial charge in [-0.1, -0.05) is 36.9 Å². The van der Waals surface area contributed by atoms with E-state index in [0.717, 1.165) is 16.5 Å². The van der Waals surface area contributed by atoms with E-state index in [2.05, 4.69) is 4.98 Å². The Morgan fingerprint density at radius 2 is 2.04 bits per heavy atom. The summed E-state index contributed by atoms with van der Waals surface area (Å²) < 4.78 is 5.09. The van der Waals surface area contributed by atoms with Crippen molar-refractivity contribution in [3.63, 3.8) is 0 Å². The number of para-hydroxylation sites is 1. The fourth-order valence-electron chi connectivity index (χ4n) is 2.80. The smallest absolute Gasteiger partial charge is 0.335 e. The molecule has 1 atom stereocenters. The van der Waals surface area contributed by atoms with E-state index in [-0.39, 0.29) is 17.7 Å². The van der Waals surface area contributed by atoms with Gasteiger partial charge in [-0.3, -0.25) is 4.79 Å². The minimum Gasteiger partial charge on any atom is -0.463 e. The molecule has 1 aromatic carbocycles. The highest BCUT2D eigenvalue weighted by atomic mass is 32.2. The van der Waals surface area contributed by atoms with E-state index in [1.54, 1.807) is 18.5 Å². The summed E-state index contributed by atoms with van der Waals surface area (Å²) in [7, 11) is 0. The average molecular weight is 341 g/mol. The van der Waals surface area contributed by atoms with Crippen molar-refractivity contribution in [2.45, 2.75) is 20.8 Å². The lowest BCUT2D eigenvalue weighted by Crippen LogP contribution is -2.19. The first-order valence-corrected chi connectivity index (χ1v) is 8.78. The Morgan fingerprint density at radius 1 is 1.29 bits per heavy atom. The second-order valence-corrected chi connectivity index (χ2v) is 6.60. The molecular weight excluding hydrogens is 322 g/mol. The molecule has 0 aliphatic carbocycles. The van der Waals surface area contributed by atoms with Crippen LogP contribution in [0.2, 0.25) is 0 Å². The number of carbonyl (C=O) groups excluding carboxylic acids is 2. The van der Waals surface area contributed by atoms with Crippen LogP contribution in [-0.2, 0) is 9.53 Å². The van der Waals surface area contributed by atoms with Gasteiger partial charge in [-0.15, -0.1) is 0 Å². The molecule has 3 rings (SSSR count). The number of fused-ring (bicyclic) bond motifs is 1. The molecule has 4 nitrogen and oxygen atoms in total. The number of hydrogen-bond acceptors (Lipinski definition) is 4. The standard InChI is InChI=1S/C19H19NO3S/c1-4-23-19(22)15-10-24-18(12(3)11(15)2)17(21)14-9-20-16-8-6-5-7-13(14)16/h5-11,20H,4H2,1-3H3. The minimum atomic E-state index is -0.310. The third kappa shape index (κ3) is 2.80. The average Bonchev–Trinajstić information content (AvgIpc) is 3.01. The Labute approximate surface area is 145 Å². The zero-order valence-corrected chi connectivity index (χ0v) is 14.7. The number of carbonyl (C=O) groups is 2. The fourth-order valence-corrected chi connectivity index (χ4v) is 3.93. The molecule has 0 saturated carbocycles. The van der Waals surface area contributed by atoms with Gasteiger partial charge in [-0.2, -0.15) is 0 Å². The highest BCUT2D eigenvalue weighted by Gasteiger charge is 2.29. The van der Waals surface area contributed by atoms with Gasteiger partial charge >= 0.3 is 5.97 Å². The van der Waals surface area contributed by atoms with Gasteiger partial charge in [0.2, 0.25) is 5.78 Å². The van der Waals surface area contributed by atoms with Crippen LogP contribution in [0.4, 0.5) is 0 Å². The van der Waals surface area contributed by atoms with E-state index in [9.17, 15) is 9.59 Å². The topological polar surface area (TPSA) is 59.2 Å². The largest absolute Gasteiger partial charge is 0.463 e. The van der Waals surface area contributed by atoms with Gasteiger partial charge in [0.1, 0.15) is 0 Å². The zero-order valence-electron chi connectivity index (χ0n) is 13.9. The fraction of sp³-hybridized carbons (Fsp3) is 0.263. The Hall–Kier alpha value is -2.27. The van der Waals surface area contributed by atoms with E-state index in [4.69, 9.17) is 4.74 Å². The number of esters is 1. The Morgan fingerprint density at radius 3 is 2.79 bits per heavy atom. The molecule has 0 amide bonds. The number of aromatic amines is 1. The number of hydrogen-bond donors (Lipinski definition) is 1. The van der Waals surface area contributed by atoms with Gasteiger partial charge in [0, 0.05) is 28.6 Å². The molecule has 1 aromatic heterocycles. The highest BCUT2D eigenvalue weighted by molar-refractivity contribution is 8.06. The first-order valence-electron chi connectivity index (χ1n) is 7.90. The third-order valence-electron chi connectivity index (χ3n) is 4.33. The van der Waals surface area contributed by atoms with Crippen LogP contribution in [0.1, 0.15) is 31.1 Å². The molecular formula is C19H19NO3S. The molecule has 124 valence electrons. The molecule has 0 saturated heterocycles. The van der Waals surface area contributed by atoms with E-state index in [0.29, 0.717) is 22.6 Å². The van der Waals surface area contributed by atoms with Crippen molar-refractivity contribution in [2.24, 2.45) is 5.92 Å². The predicted octanol–water partition coefficient (Wildman–Crippen LogP) is 4.45. The van der Waals surface area contributed by atoms with Crippen molar-refractivity contribution in [3.05, 3.63) is 57.5 Å². The SMILES string of the molecule is CCOC(=O)C1=CSC(C(=O)c2c[nH]c3ccccc23)=C(C)C1C. The summed E-state index contributed by atoms with van der Waals surface area (Å²) in [5, 5.41) is 2.66. The number of ketones is 1. The summed E-state index contributed by atoms with van der Waals surface area (Å²) in [5.74, 6) is -0.453. The lowest BCUT2D eigenvalue weighted by molar-refractivity contribution is -0.138. The van der Waals surface area contributed by atoms with E-state index >= 15 is 0 Å². The van der Waals surface area contributed by atoms with Crippen molar-refractivity contribution in [2.75, 3.05) is 6.61 Å². The number of benzene rings is 1. The molecule has 1 unspecified atom stereocenters. The highest BCUT2D eigenvalue weighted by Crippen LogP contribution is 2.39. The summed E-state index contributed by atoms with van der Waals surface area (Å²) in [6, 6.07) is 7.74. The van der Waals surface area contributed by atoms with Crippen LogP contribution in [0.15, 0.2) is 51.9 Å². The molecule has 2 aromatic rings. The molecule has 1 aliphatic heterocycles. The number of ether oxygens (including phenoxy) is 1. The molecule has 0 radical (unpaired) electrons. The van der Waals surface area contributed by atoms with E-state index in [1.165, 1.54) is 11.8 Å². The summed E-state index contributed by atoms with van der Waals surface area (Å²) in [4.78, 5) is 28.8. The molecule has 0 bridgehead atoms. The molecule has 24 heavy (non-hydrogen) atoms. The van der Waals surface area contributed by atoms with Crippen LogP contribution in [0.5, 0.6) is 0 Å². The number of thioether (sulfide) groups is 1. The van der Waals surface area contributed by atoms with Crippen molar-refractivity contribution >= 4 is 34.4 Å². The number of aromatic nitrogens is 1. The predicted molar refractivity (Wildman–Crippen MR) is 96.8 cm³/mol. The molecule has 0 spiro atoms.